The Kier molecular flexibility index (Phi) is 1.67. The number of carbonyl (C=O) groups excluding carboxylic acids is 2. The average Bonchev–Trinajstić information content (AvgIpc) is 2.51. The molecule has 2 rings (SSSR count). The third-order valence-corrected chi connectivity index (χ3v) is 2.82. The van der Waals surface area contributed by atoms with Crippen LogP contribution in [0.25, 0.3) is 0 Å². The molecule has 0 amide bonds. The number of hydrogen-bond acceptors (Lipinski definition) is 3. The van der Waals surface area contributed by atoms with Gasteiger partial charge >= 0.3 is 5.97 Å². The zero-order chi connectivity index (χ0) is 8.72. The Morgan fingerprint density at radius 2 is 2.08 bits per heavy atom. The molecular formula is C9H12O3. The van der Waals surface area contributed by atoms with Crippen LogP contribution in [0.1, 0.15) is 19.8 Å². The van der Waals surface area contributed by atoms with Crippen molar-refractivity contribution in [2.75, 3.05) is 6.61 Å². The first-order chi connectivity index (χ1) is 5.74. The molecule has 2 unspecified atom stereocenters. The number of fused-ring (bicyclic) bond motifs is 1. The lowest BCUT2D eigenvalue weighted by atomic mass is 10.1. The topological polar surface area (TPSA) is 43.4 Å². The molecule has 0 spiro atoms. The molecule has 3 nitrogen and oxygen atoms in total. The van der Waals surface area contributed by atoms with Gasteiger partial charge in [-0.25, -0.2) is 0 Å². The molecule has 3 heteroatoms. The second-order valence-corrected chi connectivity index (χ2v) is 3.55. The molecule has 0 aromatic heterocycles. The van der Waals surface area contributed by atoms with Gasteiger partial charge in [-0.05, 0) is 18.8 Å². The third-order valence-electron chi connectivity index (χ3n) is 2.82. The lowest BCUT2D eigenvalue weighted by Gasteiger charge is -2.01. The fraction of sp³-hybridized carbons (Fsp3) is 0.778. The van der Waals surface area contributed by atoms with E-state index in [0.717, 1.165) is 0 Å². The third kappa shape index (κ3) is 1.04. The monoisotopic (exact) mass is 168 g/mol. The largest absolute Gasteiger partial charge is 0.466 e. The van der Waals surface area contributed by atoms with Gasteiger partial charge in [-0.3, -0.25) is 9.59 Å². The van der Waals surface area contributed by atoms with E-state index in [9.17, 15) is 9.59 Å². The van der Waals surface area contributed by atoms with Gasteiger partial charge in [0.15, 0.2) is 0 Å². The van der Waals surface area contributed by atoms with E-state index in [1.165, 1.54) is 0 Å². The normalized spacial score (nSPS) is 37.8. The maximum Gasteiger partial charge on any atom is 0.309 e. The number of rotatable bonds is 2. The van der Waals surface area contributed by atoms with Crippen molar-refractivity contribution in [1.29, 1.82) is 0 Å². The molecule has 2 aliphatic rings. The Bertz CT molecular complexity index is 220. The van der Waals surface area contributed by atoms with Crippen LogP contribution in [0.4, 0.5) is 0 Å². The van der Waals surface area contributed by atoms with E-state index in [1.807, 2.05) is 0 Å². The highest BCUT2D eigenvalue weighted by molar-refractivity contribution is 5.88. The summed E-state index contributed by atoms with van der Waals surface area (Å²) < 4.78 is 4.89. The van der Waals surface area contributed by atoms with Crippen molar-refractivity contribution < 1.29 is 14.3 Å². The first kappa shape index (κ1) is 7.77. The predicted octanol–water partition coefficient (Wildman–Crippen LogP) is 0.775. The first-order valence-corrected chi connectivity index (χ1v) is 4.42. The molecule has 0 saturated heterocycles. The Hall–Kier alpha value is -0.860. The second kappa shape index (κ2) is 2.57. The number of esters is 1. The van der Waals surface area contributed by atoms with Gasteiger partial charge in [0.25, 0.3) is 0 Å². The van der Waals surface area contributed by atoms with Gasteiger partial charge in [0.05, 0.1) is 12.5 Å². The summed E-state index contributed by atoms with van der Waals surface area (Å²) in [6.07, 6.45) is 1.21. The number of carbonyl (C=O) groups is 2. The lowest BCUT2D eigenvalue weighted by Crippen LogP contribution is -2.12. The quantitative estimate of drug-likeness (QED) is 0.572. The van der Waals surface area contributed by atoms with Gasteiger partial charge in [-0.2, -0.15) is 0 Å². The first-order valence-electron chi connectivity index (χ1n) is 4.42. The number of ketones is 1. The smallest absolute Gasteiger partial charge is 0.309 e. The van der Waals surface area contributed by atoms with Gasteiger partial charge in [-0.1, -0.05) is 0 Å². The van der Waals surface area contributed by atoms with Crippen LogP contribution in [0.15, 0.2) is 0 Å². The van der Waals surface area contributed by atoms with E-state index in [4.69, 9.17) is 4.74 Å². The molecule has 2 saturated carbocycles. The SMILES string of the molecule is CCOC(=O)C1C2CC(=O)C[C@H]21. The fourth-order valence-corrected chi connectivity index (χ4v) is 2.20. The molecule has 0 aromatic carbocycles. The Morgan fingerprint density at radius 1 is 1.50 bits per heavy atom. The molecule has 0 radical (unpaired) electrons. The molecule has 0 aliphatic heterocycles. The molecule has 2 fully saturated rings. The van der Waals surface area contributed by atoms with Crippen molar-refractivity contribution in [1.82, 2.24) is 0 Å². The van der Waals surface area contributed by atoms with Crippen molar-refractivity contribution in [2.24, 2.45) is 17.8 Å². The molecule has 66 valence electrons. The highest BCUT2D eigenvalue weighted by Gasteiger charge is 2.60. The summed E-state index contributed by atoms with van der Waals surface area (Å²) >= 11 is 0. The molecule has 2 aliphatic carbocycles. The van der Waals surface area contributed by atoms with Crippen molar-refractivity contribution in [2.45, 2.75) is 19.8 Å². The lowest BCUT2D eigenvalue weighted by molar-refractivity contribution is -0.145. The Balaban J connectivity index is 1.89. The van der Waals surface area contributed by atoms with E-state index in [-0.39, 0.29) is 11.9 Å². The van der Waals surface area contributed by atoms with E-state index in [2.05, 4.69) is 0 Å². The highest BCUT2D eigenvalue weighted by Crippen LogP contribution is 2.56. The Labute approximate surface area is 71.1 Å². The molecule has 12 heavy (non-hydrogen) atoms. The predicted molar refractivity (Wildman–Crippen MR) is 41.3 cm³/mol. The summed E-state index contributed by atoms with van der Waals surface area (Å²) in [4.78, 5) is 22.0. The molecule has 3 atom stereocenters. The second-order valence-electron chi connectivity index (χ2n) is 3.55. The number of hydrogen-bond donors (Lipinski definition) is 0. The highest BCUT2D eigenvalue weighted by atomic mass is 16.5. The van der Waals surface area contributed by atoms with Gasteiger partial charge in [-0.15, -0.1) is 0 Å². The summed E-state index contributed by atoms with van der Waals surface area (Å²) in [5, 5.41) is 0. The van der Waals surface area contributed by atoms with Crippen LogP contribution in [0, 0.1) is 17.8 Å². The van der Waals surface area contributed by atoms with Gasteiger partial charge in [0, 0.05) is 12.8 Å². The van der Waals surface area contributed by atoms with Crippen LogP contribution < -0.4 is 0 Å². The minimum absolute atomic E-state index is 0.0580. The van der Waals surface area contributed by atoms with Crippen LogP contribution in [0.3, 0.4) is 0 Å². The van der Waals surface area contributed by atoms with E-state index < -0.39 is 0 Å². The standard InChI is InChI=1S/C9H12O3/c1-2-12-9(11)8-6-3-5(10)4-7(6)8/h6-8H,2-4H2,1H3/t6-,7?,8?/m1/s1. The van der Waals surface area contributed by atoms with Crippen molar-refractivity contribution in [3.8, 4) is 0 Å². The zero-order valence-corrected chi connectivity index (χ0v) is 7.08. The zero-order valence-electron chi connectivity index (χ0n) is 7.08. The molecule has 0 bridgehead atoms. The minimum Gasteiger partial charge on any atom is -0.466 e. The molecule has 0 aromatic rings. The minimum atomic E-state index is -0.0972. The van der Waals surface area contributed by atoms with Crippen LogP contribution in [0.2, 0.25) is 0 Å². The van der Waals surface area contributed by atoms with Gasteiger partial charge in [0.1, 0.15) is 5.78 Å². The molecular weight excluding hydrogens is 156 g/mol. The summed E-state index contributed by atoms with van der Waals surface area (Å²) in [6, 6.07) is 0. The summed E-state index contributed by atoms with van der Waals surface area (Å²) in [5.41, 5.74) is 0. The van der Waals surface area contributed by atoms with Crippen molar-refractivity contribution in [3.05, 3.63) is 0 Å². The van der Waals surface area contributed by atoms with Gasteiger partial charge in [0.2, 0.25) is 0 Å². The molecule has 0 N–H and O–H groups in total. The van der Waals surface area contributed by atoms with E-state index in [0.29, 0.717) is 37.1 Å². The number of Topliss-reactive ketones (excluding diaryl/α,β-unsaturated/α-hetero) is 1. The van der Waals surface area contributed by atoms with Crippen LogP contribution in [-0.2, 0) is 14.3 Å². The maximum atomic E-state index is 11.2. The van der Waals surface area contributed by atoms with E-state index >= 15 is 0 Å². The molecule has 0 heterocycles. The summed E-state index contributed by atoms with van der Waals surface area (Å²) in [5.74, 6) is 0.932. The Morgan fingerprint density at radius 3 is 2.58 bits per heavy atom. The van der Waals surface area contributed by atoms with Crippen molar-refractivity contribution >= 4 is 11.8 Å². The van der Waals surface area contributed by atoms with Crippen LogP contribution in [0.5, 0.6) is 0 Å². The average molecular weight is 168 g/mol. The summed E-state index contributed by atoms with van der Waals surface area (Å²) in [6.45, 7) is 2.25. The fourth-order valence-electron chi connectivity index (χ4n) is 2.20. The van der Waals surface area contributed by atoms with Gasteiger partial charge < -0.3 is 4.74 Å². The number of ether oxygens (including phenoxy) is 1. The van der Waals surface area contributed by atoms with Crippen molar-refractivity contribution in [3.63, 3.8) is 0 Å². The van der Waals surface area contributed by atoms with E-state index in [1.54, 1.807) is 6.92 Å². The van der Waals surface area contributed by atoms with Crippen LogP contribution >= 0.6 is 0 Å². The summed E-state index contributed by atoms with van der Waals surface area (Å²) in [7, 11) is 0. The van der Waals surface area contributed by atoms with Crippen LogP contribution in [-0.4, -0.2) is 18.4 Å². The maximum absolute atomic E-state index is 11.2.